The van der Waals surface area contributed by atoms with Crippen molar-refractivity contribution >= 4 is 48.6 Å². The number of aliphatic carboxylic acids is 1. The third kappa shape index (κ3) is 5.77. The molecule has 0 rings (SSSR count). The second-order valence-electron chi connectivity index (χ2n) is 4.78. The van der Waals surface area contributed by atoms with Gasteiger partial charge >= 0.3 is 5.97 Å². The maximum Gasteiger partial charge on any atom is 0.327 e. The van der Waals surface area contributed by atoms with Crippen molar-refractivity contribution in [1.29, 1.82) is 0 Å². The number of hydrogen-bond donors (Lipinski definition) is 5. The highest BCUT2D eigenvalue weighted by Crippen LogP contribution is 2.25. The highest BCUT2D eigenvalue weighted by molar-refractivity contribution is 7.83. The SMILES string of the molecule is C[C@@H](N)C(=O)CC(S)(C(=O)O)C(=O)CCC(=O)[C@H](N)CS. The summed E-state index contributed by atoms with van der Waals surface area (Å²) in [6.45, 7) is 1.39. The molecule has 0 saturated heterocycles. The Kier molecular flexibility index (Phi) is 8.16. The predicted octanol–water partition coefficient (Wildman–Crippen LogP) is -0.778. The van der Waals surface area contributed by atoms with Gasteiger partial charge in [0.1, 0.15) is 0 Å². The molecule has 3 atom stereocenters. The normalized spacial score (nSPS) is 16.6. The van der Waals surface area contributed by atoms with Crippen LogP contribution < -0.4 is 11.5 Å². The summed E-state index contributed by atoms with van der Waals surface area (Å²) in [5, 5.41) is 9.14. The van der Waals surface area contributed by atoms with Gasteiger partial charge in [0.15, 0.2) is 22.1 Å². The molecule has 0 saturated carbocycles. The number of carbonyl (C=O) groups excluding carboxylic acids is 3. The Morgan fingerprint density at radius 2 is 1.67 bits per heavy atom. The second kappa shape index (κ2) is 8.52. The largest absolute Gasteiger partial charge is 0.480 e. The van der Waals surface area contributed by atoms with E-state index in [4.69, 9.17) is 16.6 Å². The van der Waals surface area contributed by atoms with E-state index in [-0.39, 0.29) is 18.6 Å². The van der Waals surface area contributed by atoms with Crippen LogP contribution in [0.25, 0.3) is 0 Å². The van der Waals surface area contributed by atoms with Crippen LogP contribution in [0, 0.1) is 0 Å². The van der Waals surface area contributed by atoms with Crippen molar-refractivity contribution in [2.45, 2.75) is 43.0 Å². The van der Waals surface area contributed by atoms with Crippen molar-refractivity contribution in [3.05, 3.63) is 0 Å². The highest BCUT2D eigenvalue weighted by Gasteiger charge is 2.44. The molecule has 0 radical (unpaired) electrons. The fraction of sp³-hybridized carbons (Fsp3) is 0.667. The van der Waals surface area contributed by atoms with Crippen LogP contribution in [0.2, 0.25) is 0 Å². The first-order valence-corrected chi connectivity index (χ1v) is 7.30. The highest BCUT2D eigenvalue weighted by atomic mass is 32.1. The van der Waals surface area contributed by atoms with E-state index in [0.717, 1.165) is 0 Å². The van der Waals surface area contributed by atoms with Crippen LogP contribution in [0.15, 0.2) is 0 Å². The molecule has 0 bridgehead atoms. The minimum Gasteiger partial charge on any atom is -0.480 e. The summed E-state index contributed by atoms with van der Waals surface area (Å²) in [5.74, 6) is -3.25. The third-order valence-electron chi connectivity index (χ3n) is 2.96. The smallest absolute Gasteiger partial charge is 0.327 e. The van der Waals surface area contributed by atoms with Crippen LogP contribution in [0.1, 0.15) is 26.2 Å². The molecule has 5 N–H and O–H groups in total. The number of nitrogens with two attached hydrogens (primary N) is 2. The van der Waals surface area contributed by atoms with Gasteiger partial charge in [-0.1, -0.05) is 0 Å². The number of carboxylic acid groups (broad SMARTS) is 1. The fourth-order valence-corrected chi connectivity index (χ4v) is 1.91. The number of rotatable bonds is 10. The minimum atomic E-state index is -2.18. The molecule has 0 amide bonds. The van der Waals surface area contributed by atoms with E-state index < -0.39 is 46.6 Å². The average molecular weight is 336 g/mol. The quantitative estimate of drug-likeness (QED) is 0.260. The van der Waals surface area contributed by atoms with Crippen LogP contribution in [0.4, 0.5) is 0 Å². The Balaban J connectivity index is 4.89. The van der Waals surface area contributed by atoms with Crippen LogP contribution in [0.5, 0.6) is 0 Å². The molecule has 7 nitrogen and oxygen atoms in total. The zero-order valence-electron chi connectivity index (χ0n) is 11.6. The molecule has 1 unspecified atom stereocenters. The Morgan fingerprint density at radius 3 is 2.05 bits per heavy atom. The van der Waals surface area contributed by atoms with Crippen LogP contribution in [-0.4, -0.2) is 51.0 Å². The average Bonchev–Trinajstić information content (AvgIpc) is 2.42. The van der Waals surface area contributed by atoms with E-state index in [1.807, 2.05) is 0 Å². The van der Waals surface area contributed by atoms with Gasteiger partial charge in [-0.05, 0) is 6.92 Å². The summed E-state index contributed by atoms with van der Waals surface area (Å²) in [4.78, 5) is 46.4. The molecule has 9 heteroatoms. The lowest BCUT2D eigenvalue weighted by molar-refractivity contribution is -0.146. The van der Waals surface area contributed by atoms with Gasteiger partial charge in [0.05, 0.1) is 12.1 Å². The molecule has 0 aliphatic carbocycles. The van der Waals surface area contributed by atoms with Gasteiger partial charge in [0.25, 0.3) is 0 Å². The van der Waals surface area contributed by atoms with Crippen LogP contribution in [0.3, 0.4) is 0 Å². The first-order valence-electron chi connectivity index (χ1n) is 6.22. The third-order valence-corrected chi connectivity index (χ3v) is 3.95. The summed E-state index contributed by atoms with van der Waals surface area (Å²) in [6.07, 6.45) is -1.21. The van der Waals surface area contributed by atoms with Crippen molar-refractivity contribution in [2.75, 3.05) is 5.75 Å². The molecule has 0 aromatic rings. The van der Waals surface area contributed by atoms with Crippen LogP contribution in [-0.2, 0) is 19.2 Å². The number of ketones is 3. The van der Waals surface area contributed by atoms with Gasteiger partial charge in [0, 0.05) is 25.0 Å². The number of carboxylic acids is 1. The summed E-state index contributed by atoms with van der Waals surface area (Å²) in [6, 6.07) is -1.71. The van der Waals surface area contributed by atoms with Crippen LogP contribution >= 0.6 is 25.3 Å². The van der Waals surface area contributed by atoms with E-state index >= 15 is 0 Å². The molecule has 0 aliphatic heterocycles. The van der Waals surface area contributed by atoms with E-state index in [2.05, 4.69) is 25.3 Å². The van der Waals surface area contributed by atoms with E-state index in [9.17, 15) is 19.2 Å². The van der Waals surface area contributed by atoms with E-state index in [0.29, 0.717) is 0 Å². The van der Waals surface area contributed by atoms with Gasteiger partial charge in [-0.2, -0.15) is 25.3 Å². The molecule has 0 aliphatic rings. The van der Waals surface area contributed by atoms with Crippen molar-refractivity contribution in [1.82, 2.24) is 0 Å². The number of hydrogen-bond acceptors (Lipinski definition) is 8. The Hall–Kier alpha value is -0.900. The lowest BCUT2D eigenvalue weighted by atomic mass is 9.91. The van der Waals surface area contributed by atoms with Gasteiger partial charge in [-0.3, -0.25) is 19.2 Å². The van der Waals surface area contributed by atoms with Gasteiger partial charge in [-0.15, -0.1) is 0 Å². The summed E-state index contributed by atoms with van der Waals surface area (Å²) in [5.41, 5.74) is 10.8. The topological polar surface area (TPSA) is 141 Å². The molecule has 21 heavy (non-hydrogen) atoms. The second-order valence-corrected chi connectivity index (χ2v) is 5.90. The number of Topliss-reactive ketones (excluding diaryl/α,β-unsaturated/α-hetero) is 3. The monoisotopic (exact) mass is 336 g/mol. The maximum atomic E-state index is 12.0. The van der Waals surface area contributed by atoms with E-state index in [1.54, 1.807) is 0 Å². The predicted molar refractivity (Wildman–Crippen MR) is 83.7 cm³/mol. The molecule has 120 valence electrons. The summed E-state index contributed by atoms with van der Waals surface area (Å²) in [7, 11) is 0. The number of carbonyl (C=O) groups is 4. The standard InChI is InChI=1S/C12H20N2O5S2/c1-6(13)9(16)4-12(21,11(18)19)10(17)3-2-8(15)7(14)5-20/h6-7,20-21H,2-5,13-14H2,1H3,(H,18,19)/t6-,7-,12?/m1/s1. The molecule has 0 spiro atoms. The molecular formula is C12H20N2O5S2. The summed E-state index contributed by atoms with van der Waals surface area (Å²) < 4.78 is -2.18. The van der Waals surface area contributed by atoms with Crippen molar-refractivity contribution in [2.24, 2.45) is 11.5 Å². The lowest BCUT2D eigenvalue weighted by Crippen LogP contribution is -2.46. The lowest BCUT2D eigenvalue weighted by Gasteiger charge is -2.22. The first kappa shape index (κ1) is 20.1. The Morgan fingerprint density at radius 1 is 1.14 bits per heavy atom. The van der Waals surface area contributed by atoms with Gasteiger partial charge in [0.2, 0.25) is 0 Å². The van der Waals surface area contributed by atoms with Gasteiger partial charge in [-0.25, -0.2) is 0 Å². The molecule has 0 fully saturated rings. The summed E-state index contributed by atoms with van der Waals surface area (Å²) >= 11 is 7.69. The Bertz CT molecular complexity index is 441. The molecule has 0 aromatic heterocycles. The van der Waals surface area contributed by atoms with Gasteiger partial charge < -0.3 is 16.6 Å². The first-order chi connectivity index (χ1) is 9.56. The number of thiol groups is 2. The van der Waals surface area contributed by atoms with Crippen molar-refractivity contribution < 1.29 is 24.3 Å². The molecule has 0 heterocycles. The van der Waals surface area contributed by atoms with Crippen molar-refractivity contribution in [3.63, 3.8) is 0 Å². The zero-order valence-corrected chi connectivity index (χ0v) is 13.4. The zero-order chi connectivity index (χ0) is 16.8. The minimum absolute atomic E-state index is 0.126. The van der Waals surface area contributed by atoms with E-state index in [1.165, 1.54) is 6.92 Å². The van der Waals surface area contributed by atoms with Crippen molar-refractivity contribution in [3.8, 4) is 0 Å². The Labute approximate surface area is 133 Å². The molecule has 0 aromatic carbocycles. The molecular weight excluding hydrogens is 316 g/mol. The maximum absolute atomic E-state index is 12.0. The fourth-order valence-electron chi connectivity index (χ4n) is 1.44.